The van der Waals surface area contributed by atoms with Gasteiger partial charge in [-0.25, -0.2) is 8.42 Å². The minimum Gasteiger partial charge on any atom is -0.490 e. The highest BCUT2D eigenvalue weighted by molar-refractivity contribution is 7.93. The number of sulfonamides is 1. The third-order valence-corrected chi connectivity index (χ3v) is 9.13. The Labute approximate surface area is 200 Å². The van der Waals surface area contributed by atoms with Crippen molar-refractivity contribution in [1.29, 1.82) is 5.26 Å². The number of hydrogen-bond donors (Lipinski definition) is 1. The Balaban J connectivity index is 1.28. The molecule has 2 aliphatic heterocycles. The fourth-order valence-corrected chi connectivity index (χ4v) is 6.58. The van der Waals surface area contributed by atoms with Crippen LogP contribution in [0.5, 0.6) is 5.75 Å². The van der Waals surface area contributed by atoms with Crippen molar-refractivity contribution >= 4 is 21.4 Å². The molecule has 0 spiro atoms. The molecule has 2 aliphatic carbocycles. The number of fused-ring (bicyclic) bond motifs is 1. The van der Waals surface area contributed by atoms with Crippen LogP contribution in [0.2, 0.25) is 0 Å². The minimum absolute atomic E-state index is 0.0973. The van der Waals surface area contributed by atoms with Gasteiger partial charge in [-0.3, -0.25) is 4.72 Å². The number of nitrogens with one attached hydrogen (secondary N) is 1. The van der Waals surface area contributed by atoms with Crippen molar-refractivity contribution in [2.24, 2.45) is 0 Å². The van der Waals surface area contributed by atoms with Crippen molar-refractivity contribution in [3.8, 4) is 11.8 Å². The topological polar surface area (TPSA) is 91.7 Å². The second-order valence-electron chi connectivity index (χ2n) is 9.81. The maximum Gasteiger partial charge on any atom is 0.235 e. The monoisotopic (exact) mass is 479 g/mol. The Morgan fingerprint density at radius 1 is 1.00 bits per heavy atom. The lowest BCUT2D eigenvalue weighted by molar-refractivity contribution is 0.0256. The third-order valence-electron chi connectivity index (χ3n) is 7.26. The second-order valence-corrected chi connectivity index (χ2v) is 11.8. The first-order valence-corrected chi connectivity index (χ1v) is 13.8. The number of hydrogen-bond acceptors (Lipinski definition) is 6. The van der Waals surface area contributed by atoms with Crippen molar-refractivity contribution < 1.29 is 17.9 Å². The average molecular weight is 480 g/mol. The maximum atomic E-state index is 12.3. The van der Waals surface area contributed by atoms with Gasteiger partial charge in [-0.2, -0.15) is 5.26 Å². The predicted molar refractivity (Wildman–Crippen MR) is 130 cm³/mol. The number of ether oxygens (including phenoxy) is 2. The van der Waals surface area contributed by atoms with E-state index >= 15 is 0 Å². The smallest absolute Gasteiger partial charge is 0.235 e. The standard InChI is InChI=1S/C26H29N3O4S/c27-16-24-23-10-7-21(33-20-11-13-32-14-12-20)15-25(23)29(19-5-6-19)26(24)17-1-3-18(4-2-17)28-34(30,31)22-8-9-22/h1-4,7,10,15,19-20,22,24,26,28H,5-6,8-9,11-14H2. The lowest BCUT2D eigenvalue weighted by Crippen LogP contribution is -2.29. The van der Waals surface area contributed by atoms with Crippen molar-refractivity contribution in [3.05, 3.63) is 53.6 Å². The number of nitrogens with zero attached hydrogens (tertiary/aromatic N) is 2. The summed E-state index contributed by atoms with van der Waals surface area (Å²) in [4.78, 5) is 2.39. The minimum atomic E-state index is -3.30. The van der Waals surface area contributed by atoms with Crippen LogP contribution >= 0.6 is 0 Å². The van der Waals surface area contributed by atoms with Crippen LogP contribution in [0.25, 0.3) is 0 Å². The zero-order valence-corrected chi connectivity index (χ0v) is 19.8. The van der Waals surface area contributed by atoms with Gasteiger partial charge in [0.1, 0.15) is 11.9 Å². The molecule has 2 aromatic rings. The van der Waals surface area contributed by atoms with Crippen LogP contribution in [-0.4, -0.2) is 39.0 Å². The summed E-state index contributed by atoms with van der Waals surface area (Å²) >= 11 is 0. The summed E-state index contributed by atoms with van der Waals surface area (Å²) in [5.41, 5.74) is 3.72. The van der Waals surface area contributed by atoms with E-state index in [0.717, 1.165) is 74.3 Å². The van der Waals surface area contributed by atoms with Gasteiger partial charge in [0.25, 0.3) is 0 Å². The molecule has 8 heteroatoms. The van der Waals surface area contributed by atoms with Gasteiger partial charge < -0.3 is 14.4 Å². The van der Waals surface area contributed by atoms with Crippen LogP contribution in [0.4, 0.5) is 11.4 Å². The van der Waals surface area contributed by atoms with Crippen LogP contribution in [0.3, 0.4) is 0 Å². The van der Waals surface area contributed by atoms with Gasteiger partial charge in [-0.05, 0) is 55.0 Å². The normalized spacial score (nSPS) is 25.0. The van der Waals surface area contributed by atoms with Gasteiger partial charge in [0.15, 0.2) is 0 Å². The van der Waals surface area contributed by atoms with Gasteiger partial charge in [-0.1, -0.05) is 18.2 Å². The molecule has 0 amide bonds. The van der Waals surface area contributed by atoms with E-state index < -0.39 is 10.0 Å². The number of anilines is 2. The highest BCUT2D eigenvalue weighted by Gasteiger charge is 2.46. The Hall–Kier alpha value is -2.76. The van der Waals surface area contributed by atoms with E-state index in [1.807, 2.05) is 36.4 Å². The highest BCUT2D eigenvalue weighted by Crippen LogP contribution is 2.54. The van der Waals surface area contributed by atoms with Crippen molar-refractivity contribution in [3.63, 3.8) is 0 Å². The fourth-order valence-electron chi connectivity index (χ4n) is 5.19. The number of rotatable bonds is 7. The quantitative estimate of drug-likeness (QED) is 0.630. The summed E-state index contributed by atoms with van der Waals surface area (Å²) in [7, 11) is -3.30. The largest absolute Gasteiger partial charge is 0.490 e. The molecule has 2 aromatic carbocycles. The summed E-state index contributed by atoms with van der Waals surface area (Å²) in [5, 5.41) is 9.90. The molecule has 1 N–H and O–H groups in total. The first-order chi connectivity index (χ1) is 16.5. The van der Waals surface area contributed by atoms with Gasteiger partial charge in [0.05, 0.1) is 36.5 Å². The first kappa shape index (κ1) is 21.8. The second kappa shape index (κ2) is 8.47. The van der Waals surface area contributed by atoms with Gasteiger partial charge in [0.2, 0.25) is 10.0 Å². The maximum absolute atomic E-state index is 12.3. The van der Waals surface area contributed by atoms with E-state index in [1.54, 1.807) is 0 Å². The van der Waals surface area contributed by atoms with E-state index in [4.69, 9.17) is 9.47 Å². The van der Waals surface area contributed by atoms with E-state index in [-0.39, 0.29) is 23.3 Å². The average Bonchev–Trinajstić information content (AvgIpc) is 3.76. The zero-order valence-electron chi connectivity index (χ0n) is 19.0. The summed E-state index contributed by atoms with van der Waals surface area (Å²) in [6, 6.07) is 16.6. The lowest BCUT2D eigenvalue weighted by Gasteiger charge is -2.30. The van der Waals surface area contributed by atoms with Crippen molar-refractivity contribution in [2.45, 2.75) is 67.9 Å². The molecule has 2 atom stereocenters. The lowest BCUT2D eigenvalue weighted by atomic mass is 9.91. The molecule has 0 bridgehead atoms. The van der Waals surface area contributed by atoms with Gasteiger partial charge in [0, 0.05) is 36.3 Å². The van der Waals surface area contributed by atoms with Crippen LogP contribution in [0, 0.1) is 11.3 Å². The molecule has 2 heterocycles. The Morgan fingerprint density at radius 2 is 1.74 bits per heavy atom. The molecule has 0 aromatic heterocycles. The molecule has 4 aliphatic rings. The van der Waals surface area contributed by atoms with Crippen molar-refractivity contribution in [2.75, 3.05) is 22.8 Å². The predicted octanol–water partition coefficient (Wildman–Crippen LogP) is 4.48. The summed E-state index contributed by atoms with van der Waals surface area (Å²) in [5.74, 6) is 0.556. The van der Waals surface area contributed by atoms with Crippen molar-refractivity contribution in [1.82, 2.24) is 0 Å². The van der Waals surface area contributed by atoms with Crippen LogP contribution in [-0.2, 0) is 14.8 Å². The molecule has 1 saturated heterocycles. The van der Waals surface area contributed by atoms with Crippen LogP contribution < -0.4 is 14.4 Å². The summed E-state index contributed by atoms with van der Waals surface area (Å²) in [6.07, 6.45) is 5.63. The Morgan fingerprint density at radius 3 is 2.38 bits per heavy atom. The van der Waals surface area contributed by atoms with E-state index in [2.05, 4.69) is 21.8 Å². The molecule has 0 radical (unpaired) electrons. The number of benzene rings is 2. The molecule has 7 nitrogen and oxygen atoms in total. The molecular formula is C26H29N3O4S. The van der Waals surface area contributed by atoms with Gasteiger partial charge >= 0.3 is 0 Å². The highest BCUT2D eigenvalue weighted by atomic mass is 32.2. The molecule has 34 heavy (non-hydrogen) atoms. The van der Waals surface area contributed by atoms with Crippen LogP contribution in [0.15, 0.2) is 42.5 Å². The first-order valence-electron chi connectivity index (χ1n) is 12.2. The van der Waals surface area contributed by atoms with E-state index in [9.17, 15) is 13.7 Å². The van der Waals surface area contributed by atoms with Gasteiger partial charge in [-0.15, -0.1) is 0 Å². The molecule has 178 valence electrons. The third kappa shape index (κ3) is 4.12. The molecule has 6 rings (SSSR count). The Bertz CT molecular complexity index is 1210. The summed E-state index contributed by atoms with van der Waals surface area (Å²) in [6.45, 7) is 1.46. The fraction of sp³-hybridized carbons (Fsp3) is 0.500. The molecule has 2 unspecified atom stereocenters. The van der Waals surface area contributed by atoms with Crippen LogP contribution in [0.1, 0.15) is 61.6 Å². The number of nitriles is 1. The summed E-state index contributed by atoms with van der Waals surface area (Å²) < 4.78 is 39.0. The molecular weight excluding hydrogens is 450 g/mol. The zero-order chi connectivity index (χ0) is 23.3. The van der Waals surface area contributed by atoms with E-state index in [0.29, 0.717) is 11.7 Å². The SMILES string of the molecule is N#CC1c2ccc(OC3CCOCC3)cc2N(C2CC2)C1c1ccc(NS(=O)(=O)C2CC2)cc1. The Kier molecular flexibility index (Phi) is 5.42. The van der Waals surface area contributed by atoms with E-state index in [1.165, 1.54) is 0 Å². The molecule has 2 saturated carbocycles. The molecule has 3 fully saturated rings.